The Morgan fingerprint density at radius 3 is 2.79 bits per heavy atom. The van der Waals surface area contributed by atoms with Crippen LogP contribution in [0.2, 0.25) is 0 Å². The smallest absolute Gasteiger partial charge is 0.270 e. The van der Waals surface area contributed by atoms with E-state index in [1.807, 2.05) is 24.3 Å². The van der Waals surface area contributed by atoms with Crippen LogP contribution in [0.1, 0.15) is 70.4 Å². The van der Waals surface area contributed by atoms with Crippen molar-refractivity contribution in [2.75, 3.05) is 0 Å². The van der Waals surface area contributed by atoms with Gasteiger partial charge < -0.3 is 15.6 Å². The van der Waals surface area contributed by atoms with Gasteiger partial charge in [-0.3, -0.25) is 14.6 Å². The molecule has 0 bridgehead atoms. The van der Waals surface area contributed by atoms with Gasteiger partial charge in [-0.1, -0.05) is 31.4 Å². The largest absolute Gasteiger partial charge is 0.348 e. The molecule has 3 N–H and O–H groups in total. The predicted molar refractivity (Wildman–Crippen MR) is 108 cm³/mol. The molecule has 29 heavy (non-hydrogen) atoms. The number of pyridine rings is 1. The summed E-state index contributed by atoms with van der Waals surface area (Å²) in [4.78, 5) is 37.6. The van der Waals surface area contributed by atoms with Gasteiger partial charge in [0.25, 0.3) is 11.8 Å². The van der Waals surface area contributed by atoms with Crippen LogP contribution in [0.15, 0.2) is 36.5 Å². The molecule has 2 aliphatic rings. The lowest BCUT2D eigenvalue weighted by atomic mass is 9.83. The van der Waals surface area contributed by atoms with E-state index in [0.717, 1.165) is 42.5 Å². The number of rotatable bonds is 4. The molecule has 1 saturated carbocycles. The number of imidazole rings is 1. The summed E-state index contributed by atoms with van der Waals surface area (Å²) in [7, 11) is 0. The quantitative estimate of drug-likeness (QED) is 0.638. The number of carbonyl (C=O) groups is 2. The molecule has 1 atom stereocenters. The van der Waals surface area contributed by atoms with E-state index < -0.39 is 0 Å². The van der Waals surface area contributed by atoms with Crippen LogP contribution in [0.3, 0.4) is 0 Å². The van der Waals surface area contributed by atoms with E-state index in [-0.39, 0.29) is 17.9 Å². The van der Waals surface area contributed by atoms with E-state index >= 15 is 0 Å². The van der Waals surface area contributed by atoms with Crippen LogP contribution in [0.5, 0.6) is 0 Å². The molecule has 5 rings (SSSR count). The van der Waals surface area contributed by atoms with Crippen molar-refractivity contribution in [3.05, 3.63) is 59.2 Å². The standard InChI is InChI=1S/C22H23N5O2/c28-21-14-10-11-23-19(15(14)12-24-21)22(29)27-18(13-6-2-1-3-7-13)20-25-16-8-4-5-9-17(16)26-20/h4-5,8-11,13,18H,1-3,6-7,12H2,(H,24,28)(H,25,26)(H,27,29). The number of hydrogen-bond acceptors (Lipinski definition) is 4. The minimum Gasteiger partial charge on any atom is -0.348 e. The third-order valence-corrected chi connectivity index (χ3v) is 6.05. The van der Waals surface area contributed by atoms with Crippen molar-refractivity contribution in [1.82, 2.24) is 25.6 Å². The van der Waals surface area contributed by atoms with E-state index in [2.05, 4.69) is 20.6 Å². The summed E-state index contributed by atoms with van der Waals surface area (Å²) < 4.78 is 0. The summed E-state index contributed by atoms with van der Waals surface area (Å²) in [5, 5.41) is 5.96. The number of carbonyl (C=O) groups excluding carboxylic acids is 2. The lowest BCUT2D eigenvalue weighted by Crippen LogP contribution is -2.36. The second-order valence-electron chi connectivity index (χ2n) is 7.86. The molecule has 1 aliphatic carbocycles. The Labute approximate surface area is 168 Å². The second-order valence-corrected chi connectivity index (χ2v) is 7.86. The number of nitrogens with one attached hydrogen (secondary N) is 3. The van der Waals surface area contributed by atoms with Crippen LogP contribution >= 0.6 is 0 Å². The molecule has 7 nitrogen and oxygen atoms in total. The van der Waals surface area contributed by atoms with Gasteiger partial charge in [0.2, 0.25) is 0 Å². The highest BCUT2D eigenvalue weighted by atomic mass is 16.2. The van der Waals surface area contributed by atoms with Crippen molar-refractivity contribution in [2.24, 2.45) is 5.92 Å². The second kappa shape index (κ2) is 7.31. The summed E-state index contributed by atoms with van der Waals surface area (Å²) >= 11 is 0. The van der Waals surface area contributed by atoms with Gasteiger partial charge in [0, 0.05) is 23.9 Å². The Bertz CT molecular complexity index is 1050. The van der Waals surface area contributed by atoms with Gasteiger partial charge >= 0.3 is 0 Å². The predicted octanol–water partition coefficient (Wildman–Crippen LogP) is 3.25. The first-order valence-corrected chi connectivity index (χ1v) is 10.2. The molecule has 3 heterocycles. The molecule has 1 fully saturated rings. The number of amides is 2. The summed E-state index contributed by atoms with van der Waals surface area (Å²) in [6, 6.07) is 9.35. The molecular weight excluding hydrogens is 366 g/mol. The molecule has 1 aliphatic heterocycles. The first-order valence-electron chi connectivity index (χ1n) is 10.2. The molecule has 148 valence electrons. The highest BCUT2D eigenvalue weighted by Crippen LogP contribution is 2.34. The van der Waals surface area contributed by atoms with Gasteiger partial charge in [0.05, 0.1) is 17.1 Å². The molecule has 7 heteroatoms. The van der Waals surface area contributed by atoms with Gasteiger partial charge in [-0.05, 0) is 37.0 Å². The van der Waals surface area contributed by atoms with Crippen molar-refractivity contribution >= 4 is 22.8 Å². The minimum absolute atomic E-state index is 0.155. The summed E-state index contributed by atoms with van der Waals surface area (Å²) in [6.45, 7) is 0.337. The zero-order chi connectivity index (χ0) is 19.8. The maximum absolute atomic E-state index is 13.2. The molecule has 0 saturated heterocycles. The van der Waals surface area contributed by atoms with E-state index in [1.165, 1.54) is 12.6 Å². The molecule has 2 aromatic heterocycles. The first kappa shape index (κ1) is 17.8. The Hall–Kier alpha value is -3.22. The highest BCUT2D eigenvalue weighted by molar-refractivity contribution is 6.03. The van der Waals surface area contributed by atoms with Crippen molar-refractivity contribution in [3.63, 3.8) is 0 Å². The number of hydrogen-bond donors (Lipinski definition) is 3. The Morgan fingerprint density at radius 1 is 1.14 bits per heavy atom. The zero-order valence-corrected chi connectivity index (χ0v) is 16.1. The highest BCUT2D eigenvalue weighted by Gasteiger charge is 2.32. The van der Waals surface area contributed by atoms with Crippen LogP contribution in [-0.2, 0) is 6.54 Å². The molecule has 1 aromatic carbocycles. The van der Waals surface area contributed by atoms with Gasteiger partial charge in [-0.2, -0.15) is 0 Å². The molecule has 3 aromatic rings. The Balaban J connectivity index is 1.49. The summed E-state index contributed by atoms with van der Waals surface area (Å²) in [6.07, 6.45) is 7.20. The number of para-hydroxylation sites is 2. The number of benzene rings is 1. The molecule has 2 amide bonds. The van der Waals surface area contributed by atoms with E-state index in [1.54, 1.807) is 6.07 Å². The van der Waals surface area contributed by atoms with E-state index in [9.17, 15) is 9.59 Å². The molecule has 1 unspecified atom stereocenters. The van der Waals surface area contributed by atoms with Crippen molar-refractivity contribution < 1.29 is 9.59 Å². The molecular formula is C22H23N5O2. The Kier molecular flexibility index (Phi) is 4.50. The van der Waals surface area contributed by atoms with Gasteiger partial charge in [0.15, 0.2) is 0 Å². The average molecular weight is 389 g/mol. The van der Waals surface area contributed by atoms with Gasteiger partial charge in [0.1, 0.15) is 11.5 Å². The van der Waals surface area contributed by atoms with Gasteiger partial charge in [-0.25, -0.2) is 4.98 Å². The molecule has 0 radical (unpaired) electrons. The fourth-order valence-electron chi connectivity index (χ4n) is 4.55. The Morgan fingerprint density at radius 2 is 1.97 bits per heavy atom. The molecule has 0 spiro atoms. The number of fused-ring (bicyclic) bond motifs is 2. The van der Waals surface area contributed by atoms with Crippen molar-refractivity contribution in [2.45, 2.75) is 44.7 Å². The third-order valence-electron chi connectivity index (χ3n) is 6.05. The minimum atomic E-state index is -0.255. The number of aromatic nitrogens is 3. The normalized spacial score (nSPS) is 17.7. The third kappa shape index (κ3) is 3.26. The maximum atomic E-state index is 13.2. The van der Waals surface area contributed by atoms with Crippen LogP contribution in [-0.4, -0.2) is 26.8 Å². The fraction of sp³-hybridized carbons (Fsp3) is 0.364. The van der Waals surface area contributed by atoms with Gasteiger partial charge in [-0.15, -0.1) is 0 Å². The monoisotopic (exact) mass is 389 g/mol. The zero-order valence-electron chi connectivity index (χ0n) is 16.1. The fourth-order valence-corrected chi connectivity index (χ4v) is 4.55. The first-order chi connectivity index (χ1) is 14.2. The number of nitrogens with zero attached hydrogens (tertiary/aromatic N) is 2. The van der Waals surface area contributed by atoms with Crippen molar-refractivity contribution in [3.8, 4) is 0 Å². The number of aromatic amines is 1. The van der Waals surface area contributed by atoms with Crippen LogP contribution in [0, 0.1) is 5.92 Å². The number of H-pyrrole nitrogens is 1. The van der Waals surface area contributed by atoms with E-state index in [4.69, 9.17) is 4.98 Å². The lowest BCUT2D eigenvalue weighted by molar-refractivity contribution is 0.0902. The van der Waals surface area contributed by atoms with Crippen LogP contribution in [0.4, 0.5) is 0 Å². The lowest BCUT2D eigenvalue weighted by Gasteiger charge is -2.29. The maximum Gasteiger partial charge on any atom is 0.270 e. The van der Waals surface area contributed by atoms with E-state index in [0.29, 0.717) is 29.3 Å². The SMILES string of the molecule is O=C1NCc2c1ccnc2C(=O)NC(c1nc2ccccc2[nH]1)C1CCCCC1. The van der Waals surface area contributed by atoms with Crippen LogP contribution < -0.4 is 10.6 Å². The average Bonchev–Trinajstić information content (AvgIpc) is 3.36. The topological polar surface area (TPSA) is 99.8 Å². The van der Waals surface area contributed by atoms with Crippen molar-refractivity contribution in [1.29, 1.82) is 0 Å². The summed E-state index contributed by atoms with van der Waals surface area (Å²) in [5.41, 5.74) is 3.38. The summed E-state index contributed by atoms with van der Waals surface area (Å²) in [5.74, 6) is 0.699. The van der Waals surface area contributed by atoms with Crippen LogP contribution in [0.25, 0.3) is 11.0 Å².